The van der Waals surface area contributed by atoms with E-state index in [1.165, 1.54) is 37.4 Å². The average molecular weight is 293 g/mol. The summed E-state index contributed by atoms with van der Waals surface area (Å²) in [4.78, 5) is 26.1. The summed E-state index contributed by atoms with van der Waals surface area (Å²) in [5.74, 6) is 0.841. The summed E-state index contributed by atoms with van der Waals surface area (Å²) in [6.45, 7) is 0.751. The first-order chi connectivity index (χ1) is 9.97. The maximum atomic E-state index is 12.0. The molecule has 1 aromatic rings. The first kappa shape index (κ1) is 14.3. The quantitative estimate of drug-likeness (QED) is 0.833. The maximum Gasteiger partial charge on any atom is 0.346 e. The standard InChI is InChI=1S/C14H23N5O2/c1-17-10-4-5-11(17)7-9(6-10)8-15-12-13(20)18(2)14(21)19(3)16-12/h9-11H,4-8H2,1-3H3,(H,15,16). The van der Waals surface area contributed by atoms with E-state index in [1.807, 2.05) is 0 Å². The van der Waals surface area contributed by atoms with Gasteiger partial charge in [0, 0.05) is 32.7 Å². The van der Waals surface area contributed by atoms with Gasteiger partial charge in [-0.15, -0.1) is 5.10 Å². The van der Waals surface area contributed by atoms with Crippen LogP contribution in [0.1, 0.15) is 25.7 Å². The topological polar surface area (TPSA) is 72.2 Å². The number of aryl methyl sites for hydroxylation is 1. The van der Waals surface area contributed by atoms with Gasteiger partial charge in [-0.1, -0.05) is 0 Å². The first-order valence-corrected chi connectivity index (χ1v) is 7.57. The maximum absolute atomic E-state index is 12.0. The average Bonchev–Trinajstić information content (AvgIpc) is 2.69. The number of hydrogen-bond acceptors (Lipinski definition) is 5. The van der Waals surface area contributed by atoms with Crippen LogP contribution in [0.15, 0.2) is 9.59 Å². The van der Waals surface area contributed by atoms with E-state index < -0.39 is 5.69 Å². The molecule has 116 valence electrons. The van der Waals surface area contributed by atoms with E-state index in [9.17, 15) is 9.59 Å². The Morgan fingerprint density at radius 1 is 1.14 bits per heavy atom. The van der Waals surface area contributed by atoms with Crippen LogP contribution in [0.2, 0.25) is 0 Å². The highest BCUT2D eigenvalue weighted by Gasteiger charge is 2.38. The fourth-order valence-corrected chi connectivity index (χ4v) is 3.74. The minimum absolute atomic E-state index is 0.269. The van der Waals surface area contributed by atoms with Crippen molar-refractivity contribution in [1.82, 2.24) is 19.2 Å². The van der Waals surface area contributed by atoms with Gasteiger partial charge in [0.2, 0.25) is 5.82 Å². The van der Waals surface area contributed by atoms with Gasteiger partial charge in [-0.3, -0.25) is 9.36 Å². The molecule has 2 saturated heterocycles. The second-order valence-electron chi connectivity index (χ2n) is 6.39. The Morgan fingerprint density at radius 3 is 2.38 bits per heavy atom. The lowest BCUT2D eigenvalue weighted by atomic mass is 9.91. The van der Waals surface area contributed by atoms with E-state index >= 15 is 0 Å². The summed E-state index contributed by atoms with van der Waals surface area (Å²) in [6, 6.07) is 1.37. The molecule has 7 nitrogen and oxygen atoms in total. The van der Waals surface area contributed by atoms with E-state index in [0.29, 0.717) is 18.0 Å². The molecule has 7 heteroatoms. The Hall–Kier alpha value is -1.63. The lowest BCUT2D eigenvalue weighted by Gasteiger charge is -2.36. The van der Waals surface area contributed by atoms with Gasteiger partial charge in [-0.05, 0) is 38.6 Å². The van der Waals surface area contributed by atoms with Crippen molar-refractivity contribution in [3.05, 3.63) is 20.8 Å². The predicted octanol–water partition coefficient (Wildman–Crippen LogP) is -0.236. The highest BCUT2D eigenvalue weighted by atomic mass is 16.2. The van der Waals surface area contributed by atoms with E-state index in [1.54, 1.807) is 7.05 Å². The molecule has 0 radical (unpaired) electrons. The lowest BCUT2D eigenvalue weighted by Crippen LogP contribution is -2.43. The van der Waals surface area contributed by atoms with Gasteiger partial charge in [0.05, 0.1) is 0 Å². The highest BCUT2D eigenvalue weighted by molar-refractivity contribution is 5.29. The summed E-state index contributed by atoms with van der Waals surface area (Å²) in [7, 11) is 5.26. The zero-order valence-electron chi connectivity index (χ0n) is 12.9. The number of anilines is 1. The zero-order valence-corrected chi connectivity index (χ0v) is 12.9. The Labute approximate surface area is 123 Å². The van der Waals surface area contributed by atoms with Crippen LogP contribution < -0.4 is 16.6 Å². The number of aromatic nitrogens is 3. The zero-order chi connectivity index (χ0) is 15.1. The summed E-state index contributed by atoms with van der Waals surface area (Å²) in [6.07, 6.45) is 4.92. The summed E-state index contributed by atoms with van der Waals surface area (Å²) >= 11 is 0. The van der Waals surface area contributed by atoms with Gasteiger partial charge < -0.3 is 10.2 Å². The van der Waals surface area contributed by atoms with Crippen LogP contribution >= 0.6 is 0 Å². The number of rotatable bonds is 3. The Kier molecular flexibility index (Phi) is 3.61. The van der Waals surface area contributed by atoms with Crippen LogP contribution in [0.5, 0.6) is 0 Å². The largest absolute Gasteiger partial charge is 0.364 e. The van der Waals surface area contributed by atoms with Gasteiger partial charge >= 0.3 is 5.69 Å². The minimum Gasteiger partial charge on any atom is -0.364 e. The molecule has 0 aliphatic carbocycles. The summed E-state index contributed by atoms with van der Waals surface area (Å²) in [5.41, 5.74) is -0.753. The van der Waals surface area contributed by atoms with Crippen LogP contribution in [-0.2, 0) is 14.1 Å². The molecular formula is C14H23N5O2. The molecular weight excluding hydrogens is 270 g/mol. The molecule has 2 aliphatic rings. The van der Waals surface area contributed by atoms with Crippen molar-refractivity contribution in [2.45, 2.75) is 37.8 Å². The highest BCUT2D eigenvalue weighted by Crippen LogP contribution is 2.37. The predicted molar refractivity (Wildman–Crippen MR) is 80.5 cm³/mol. The molecule has 2 unspecified atom stereocenters. The fourth-order valence-electron chi connectivity index (χ4n) is 3.74. The fraction of sp³-hybridized carbons (Fsp3) is 0.786. The number of hydrogen-bond donors (Lipinski definition) is 1. The molecule has 0 spiro atoms. The van der Waals surface area contributed by atoms with Crippen LogP contribution in [0.25, 0.3) is 0 Å². The van der Waals surface area contributed by atoms with Gasteiger partial charge in [0.25, 0.3) is 5.56 Å². The molecule has 0 aromatic carbocycles. The van der Waals surface area contributed by atoms with Gasteiger partial charge in [0.15, 0.2) is 0 Å². The Bertz CT molecular complexity index is 636. The third-order valence-electron chi connectivity index (χ3n) is 5.08. The second kappa shape index (κ2) is 5.29. The number of fused-ring (bicyclic) bond motifs is 2. The van der Waals surface area contributed by atoms with Gasteiger partial charge in [-0.2, -0.15) is 0 Å². The van der Waals surface area contributed by atoms with Crippen molar-refractivity contribution >= 4 is 5.82 Å². The van der Waals surface area contributed by atoms with Crippen molar-refractivity contribution in [3.8, 4) is 0 Å². The molecule has 0 saturated carbocycles. The third kappa shape index (κ3) is 2.50. The molecule has 1 N–H and O–H groups in total. The first-order valence-electron chi connectivity index (χ1n) is 7.57. The molecule has 1 aromatic heterocycles. The summed E-state index contributed by atoms with van der Waals surface area (Å²) in [5, 5.41) is 7.19. The number of nitrogens with one attached hydrogen (secondary N) is 1. The van der Waals surface area contributed by atoms with Gasteiger partial charge in [-0.25, -0.2) is 9.48 Å². The van der Waals surface area contributed by atoms with Crippen molar-refractivity contribution in [2.24, 2.45) is 20.0 Å². The Balaban J connectivity index is 1.69. The van der Waals surface area contributed by atoms with Crippen molar-refractivity contribution in [2.75, 3.05) is 18.9 Å². The molecule has 3 rings (SSSR count). The third-order valence-corrected chi connectivity index (χ3v) is 5.08. The SMILES string of the molecule is CN1C2CCC1CC(CNc1nn(C)c(=O)n(C)c1=O)C2. The molecule has 0 amide bonds. The van der Waals surface area contributed by atoms with Crippen LogP contribution in [0, 0.1) is 5.92 Å². The van der Waals surface area contributed by atoms with Gasteiger partial charge in [0.1, 0.15) is 0 Å². The molecule has 2 bridgehead atoms. The molecule has 3 heterocycles. The van der Waals surface area contributed by atoms with Crippen LogP contribution in [-0.4, -0.2) is 44.9 Å². The minimum atomic E-state index is -0.400. The molecule has 2 fully saturated rings. The van der Waals surface area contributed by atoms with Crippen molar-refractivity contribution < 1.29 is 0 Å². The van der Waals surface area contributed by atoms with Crippen LogP contribution in [0.4, 0.5) is 5.82 Å². The number of nitrogens with zero attached hydrogens (tertiary/aromatic N) is 4. The lowest BCUT2D eigenvalue weighted by molar-refractivity contribution is 0.139. The monoisotopic (exact) mass is 293 g/mol. The molecule has 21 heavy (non-hydrogen) atoms. The Morgan fingerprint density at radius 2 is 1.76 bits per heavy atom. The van der Waals surface area contributed by atoms with E-state index in [0.717, 1.165) is 11.1 Å². The van der Waals surface area contributed by atoms with Crippen molar-refractivity contribution in [1.29, 1.82) is 0 Å². The van der Waals surface area contributed by atoms with Crippen LogP contribution in [0.3, 0.4) is 0 Å². The molecule has 2 atom stereocenters. The normalized spacial score (nSPS) is 28.8. The van der Waals surface area contributed by atoms with Crippen molar-refractivity contribution in [3.63, 3.8) is 0 Å². The molecule has 2 aliphatic heterocycles. The second-order valence-corrected chi connectivity index (χ2v) is 6.39. The van der Waals surface area contributed by atoms with E-state index in [2.05, 4.69) is 22.4 Å². The van der Waals surface area contributed by atoms with E-state index in [-0.39, 0.29) is 11.4 Å². The smallest absolute Gasteiger partial charge is 0.346 e. The summed E-state index contributed by atoms with van der Waals surface area (Å²) < 4.78 is 2.29. The number of piperidine rings is 1. The van der Waals surface area contributed by atoms with E-state index in [4.69, 9.17) is 0 Å².